The van der Waals surface area contributed by atoms with Gasteiger partial charge in [-0.1, -0.05) is 31.8 Å². The highest BCUT2D eigenvalue weighted by Gasteiger charge is 2.24. The summed E-state index contributed by atoms with van der Waals surface area (Å²) in [5.41, 5.74) is 6.14. The molecule has 0 spiro atoms. The first-order chi connectivity index (χ1) is 8.65. The Kier molecular flexibility index (Phi) is 5.06. The molecule has 1 aromatic heterocycles. The average molecular weight is 269 g/mol. The van der Waals surface area contributed by atoms with Crippen molar-refractivity contribution >= 4 is 11.8 Å². The second kappa shape index (κ2) is 6.57. The van der Waals surface area contributed by atoms with Crippen molar-refractivity contribution in [1.82, 2.24) is 10.1 Å². The van der Waals surface area contributed by atoms with Gasteiger partial charge in [-0.2, -0.15) is 16.7 Å². The largest absolute Gasteiger partial charge is 0.339 e. The maximum absolute atomic E-state index is 6.14. The monoisotopic (exact) mass is 269 g/mol. The summed E-state index contributed by atoms with van der Waals surface area (Å²) < 4.78 is 5.32. The molecule has 0 aliphatic heterocycles. The highest BCUT2D eigenvalue weighted by Crippen LogP contribution is 2.26. The SMILES string of the molecule is CC(C)SCc1noc(CC2CCCCC2N)n1. The van der Waals surface area contributed by atoms with E-state index >= 15 is 0 Å². The Hall–Kier alpha value is -0.550. The van der Waals surface area contributed by atoms with E-state index in [1.54, 1.807) is 0 Å². The zero-order valence-corrected chi connectivity index (χ0v) is 12.1. The van der Waals surface area contributed by atoms with Gasteiger partial charge in [0.15, 0.2) is 5.82 Å². The molecule has 1 saturated carbocycles. The molecular weight excluding hydrogens is 246 g/mol. The van der Waals surface area contributed by atoms with Crippen molar-refractivity contribution in [2.24, 2.45) is 11.7 Å². The standard InChI is InChI=1S/C13H23N3OS/c1-9(2)18-8-12-15-13(17-16-12)7-10-5-3-4-6-11(10)14/h9-11H,3-8,14H2,1-2H3. The van der Waals surface area contributed by atoms with Crippen molar-refractivity contribution in [1.29, 1.82) is 0 Å². The van der Waals surface area contributed by atoms with Gasteiger partial charge in [0.1, 0.15) is 0 Å². The van der Waals surface area contributed by atoms with Crippen LogP contribution in [-0.2, 0) is 12.2 Å². The predicted octanol–water partition coefficient (Wildman–Crippen LogP) is 2.77. The molecule has 0 aromatic carbocycles. The molecule has 0 amide bonds. The van der Waals surface area contributed by atoms with Crippen LogP contribution in [0, 0.1) is 5.92 Å². The summed E-state index contributed by atoms with van der Waals surface area (Å²) in [7, 11) is 0. The second-order valence-corrected chi connectivity index (χ2v) is 6.94. The molecule has 2 N–H and O–H groups in total. The molecule has 5 heteroatoms. The lowest BCUT2D eigenvalue weighted by molar-refractivity contribution is 0.273. The van der Waals surface area contributed by atoms with Gasteiger partial charge in [-0.15, -0.1) is 0 Å². The van der Waals surface area contributed by atoms with E-state index in [9.17, 15) is 0 Å². The molecule has 1 aliphatic rings. The highest BCUT2D eigenvalue weighted by atomic mass is 32.2. The molecule has 102 valence electrons. The Morgan fingerprint density at radius 1 is 1.39 bits per heavy atom. The quantitative estimate of drug-likeness (QED) is 0.890. The van der Waals surface area contributed by atoms with Crippen LogP contribution in [0.1, 0.15) is 51.2 Å². The molecule has 0 bridgehead atoms. The molecule has 4 nitrogen and oxygen atoms in total. The van der Waals surface area contributed by atoms with Crippen molar-refractivity contribution in [3.63, 3.8) is 0 Å². The van der Waals surface area contributed by atoms with Crippen LogP contribution in [0.25, 0.3) is 0 Å². The van der Waals surface area contributed by atoms with Crippen LogP contribution < -0.4 is 5.73 Å². The zero-order valence-electron chi connectivity index (χ0n) is 11.3. The van der Waals surface area contributed by atoms with Gasteiger partial charge in [0.25, 0.3) is 0 Å². The first-order valence-corrected chi connectivity index (χ1v) is 7.88. The molecule has 18 heavy (non-hydrogen) atoms. The van der Waals surface area contributed by atoms with Crippen LogP contribution in [0.2, 0.25) is 0 Å². The topological polar surface area (TPSA) is 64.9 Å². The zero-order chi connectivity index (χ0) is 13.0. The molecule has 0 saturated heterocycles. The maximum Gasteiger partial charge on any atom is 0.227 e. The van der Waals surface area contributed by atoms with E-state index in [0.29, 0.717) is 17.2 Å². The third kappa shape index (κ3) is 3.99. The van der Waals surface area contributed by atoms with Crippen molar-refractivity contribution < 1.29 is 4.52 Å². The molecule has 2 unspecified atom stereocenters. The molecule has 1 heterocycles. The van der Waals surface area contributed by atoms with E-state index in [-0.39, 0.29) is 0 Å². The number of hydrogen-bond acceptors (Lipinski definition) is 5. The number of rotatable bonds is 5. The van der Waals surface area contributed by atoms with E-state index in [2.05, 4.69) is 24.0 Å². The summed E-state index contributed by atoms with van der Waals surface area (Å²) in [6.07, 6.45) is 5.72. The van der Waals surface area contributed by atoms with Gasteiger partial charge >= 0.3 is 0 Å². The molecule has 2 rings (SSSR count). The fraction of sp³-hybridized carbons (Fsp3) is 0.846. The third-order valence-corrected chi connectivity index (χ3v) is 4.55. The number of nitrogens with two attached hydrogens (primary N) is 1. The minimum Gasteiger partial charge on any atom is -0.339 e. The average Bonchev–Trinajstić information content (AvgIpc) is 2.77. The van der Waals surface area contributed by atoms with Gasteiger partial charge < -0.3 is 10.3 Å². The van der Waals surface area contributed by atoms with Crippen LogP contribution in [-0.4, -0.2) is 21.4 Å². The fourth-order valence-electron chi connectivity index (χ4n) is 2.39. The Morgan fingerprint density at radius 3 is 2.89 bits per heavy atom. The molecule has 2 atom stereocenters. The van der Waals surface area contributed by atoms with Crippen LogP contribution in [0.4, 0.5) is 0 Å². The van der Waals surface area contributed by atoms with Crippen molar-refractivity contribution in [3.05, 3.63) is 11.7 Å². The number of hydrogen-bond donors (Lipinski definition) is 1. The third-order valence-electron chi connectivity index (χ3n) is 3.46. The fourth-order valence-corrected chi connectivity index (χ4v) is 2.99. The molecular formula is C13H23N3OS. The van der Waals surface area contributed by atoms with E-state index in [0.717, 1.165) is 30.3 Å². The first kappa shape index (κ1) is 13.9. The lowest BCUT2D eigenvalue weighted by atomic mass is 9.83. The van der Waals surface area contributed by atoms with E-state index in [1.807, 2.05) is 11.8 Å². The van der Waals surface area contributed by atoms with Crippen molar-refractivity contribution in [2.75, 3.05) is 0 Å². The summed E-state index contributed by atoms with van der Waals surface area (Å²) in [5.74, 6) is 2.92. The Morgan fingerprint density at radius 2 is 2.17 bits per heavy atom. The normalized spacial score (nSPS) is 24.7. The molecule has 1 aromatic rings. The van der Waals surface area contributed by atoms with Gasteiger partial charge in [-0.05, 0) is 24.0 Å². The highest BCUT2D eigenvalue weighted by molar-refractivity contribution is 7.99. The Bertz CT molecular complexity index is 367. The minimum atomic E-state index is 0.305. The second-order valence-electron chi connectivity index (χ2n) is 5.38. The predicted molar refractivity (Wildman–Crippen MR) is 74.4 cm³/mol. The summed E-state index contributed by atoms with van der Waals surface area (Å²) in [6.45, 7) is 4.35. The van der Waals surface area contributed by atoms with Crippen molar-refractivity contribution in [2.45, 2.75) is 63.0 Å². The van der Waals surface area contributed by atoms with Crippen LogP contribution >= 0.6 is 11.8 Å². The van der Waals surface area contributed by atoms with Gasteiger partial charge in [-0.25, -0.2) is 0 Å². The lowest BCUT2D eigenvalue weighted by Gasteiger charge is -2.27. The Labute approximate surface area is 113 Å². The molecule has 1 fully saturated rings. The molecule has 1 aliphatic carbocycles. The maximum atomic E-state index is 6.14. The molecule has 0 radical (unpaired) electrons. The minimum absolute atomic E-state index is 0.305. The summed E-state index contributed by atoms with van der Waals surface area (Å²) in [4.78, 5) is 4.46. The summed E-state index contributed by atoms with van der Waals surface area (Å²) in [6, 6.07) is 0.305. The van der Waals surface area contributed by atoms with Crippen LogP contribution in [0.5, 0.6) is 0 Å². The smallest absolute Gasteiger partial charge is 0.227 e. The van der Waals surface area contributed by atoms with E-state index in [4.69, 9.17) is 10.3 Å². The van der Waals surface area contributed by atoms with Crippen molar-refractivity contribution in [3.8, 4) is 0 Å². The summed E-state index contributed by atoms with van der Waals surface area (Å²) in [5, 5.41) is 4.63. The van der Waals surface area contributed by atoms with Gasteiger partial charge in [0.2, 0.25) is 5.89 Å². The number of aromatic nitrogens is 2. The first-order valence-electron chi connectivity index (χ1n) is 6.84. The van der Waals surface area contributed by atoms with Gasteiger partial charge in [0.05, 0.1) is 5.75 Å². The Balaban J connectivity index is 1.85. The van der Waals surface area contributed by atoms with Gasteiger partial charge in [-0.3, -0.25) is 0 Å². The number of nitrogens with zero attached hydrogens (tertiary/aromatic N) is 2. The number of thioether (sulfide) groups is 1. The van der Waals surface area contributed by atoms with Gasteiger partial charge in [0, 0.05) is 12.5 Å². The summed E-state index contributed by atoms with van der Waals surface area (Å²) >= 11 is 1.83. The van der Waals surface area contributed by atoms with E-state index < -0.39 is 0 Å². The van der Waals surface area contributed by atoms with Crippen LogP contribution in [0.3, 0.4) is 0 Å². The van der Waals surface area contributed by atoms with E-state index in [1.165, 1.54) is 19.3 Å². The lowest BCUT2D eigenvalue weighted by Crippen LogP contribution is -2.34. The van der Waals surface area contributed by atoms with Crippen LogP contribution in [0.15, 0.2) is 4.52 Å².